The number of rotatable bonds is 2. The molecule has 3 N–H and O–H groups in total. The number of nitrogens with two attached hydrogens (primary N) is 1. The second-order valence-electron chi connectivity index (χ2n) is 5.64. The molecule has 1 saturated heterocycles. The molecule has 0 bridgehead atoms. The van der Waals surface area contributed by atoms with Crippen molar-refractivity contribution in [3.05, 3.63) is 40.4 Å². The first-order valence-corrected chi connectivity index (χ1v) is 8.47. The number of nitrogens with zero attached hydrogens (tertiary/aromatic N) is 2. The van der Waals surface area contributed by atoms with Crippen molar-refractivity contribution >= 4 is 23.2 Å². The Kier molecular flexibility index (Phi) is 5.91. The third kappa shape index (κ3) is 4.44. The Labute approximate surface area is 150 Å². The number of terminal acetylenes is 1. The minimum Gasteiger partial charge on any atom is -0.383 e. The number of aliphatic hydroxyl groups is 1. The molecule has 2 amide bonds. The van der Waals surface area contributed by atoms with E-state index in [1.54, 1.807) is 12.4 Å². The molecule has 1 aromatic heterocycles. The maximum Gasteiger partial charge on any atom is 0.268 e. The number of hydrogen-bond acceptors (Lipinski definition) is 5. The summed E-state index contributed by atoms with van der Waals surface area (Å²) in [5, 5.41) is 11.2. The number of carbonyl (C=O) groups is 2. The van der Waals surface area contributed by atoms with Crippen LogP contribution in [0.15, 0.2) is 23.6 Å². The number of amides is 2. The van der Waals surface area contributed by atoms with Gasteiger partial charge in [-0.1, -0.05) is 12.0 Å². The smallest absolute Gasteiger partial charge is 0.268 e. The molecule has 0 aliphatic carbocycles. The number of aliphatic hydroxyl groups excluding tert-OH is 1. The molecule has 1 aliphatic heterocycles. The first kappa shape index (κ1) is 18.6. The molecule has 130 valence electrons. The average molecular weight is 357 g/mol. The van der Waals surface area contributed by atoms with Gasteiger partial charge in [-0.05, 0) is 31.0 Å². The molecule has 3 rings (SSSR count). The zero-order chi connectivity index (χ0) is 18.6. The Hall–Kier alpha value is -2.69. The summed E-state index contributed by atoms with van der Waals surface area (Å²) >= 11 is 1.38. The fourth-order valence-electron chi connectivity index (χ4n) is 2.26. The normalized spacial score (nSPS) is 16.2. The third-order valence-electron chi connectivity index (χ3n) is 3.79. The molecule has 7 heteroatoms. The molecule has 0 radical (unpaired) electrons. The minimum absolute atomic E-state index is 0.148. The molecule has 6 nitrogen and oxygen atoms in total. The van der Waals surface area contributed by atoms with Crippen LogP contribution in [0.1, 0.15) is 28.0 Å². The molecule has 2 aromatic rings. The number of aryl methyl sites for hydroxylation is 1. The van der Waals surface area contributed by atoms with Crippen molar-refractivity contribution < 1.29 is 14.7 Å². The molecule has 1 atom stereocenters. The monoisotopic (exact) mass is 357 g/mol. The highest BCUT2D eigenvalue weighted by atomic mass is 32.1. The van der Waals surface area contributed by atoms with Gasteiger partial charge in [-0.2, -0.15) is 0 Å². The summed E-state index contributed by atoms with van der Waals surface area (Å²) in [4.78, 5) is 27.3. The van der Waals surface area contributed by atoms with E-state index in [0.29, 0.717) is 13.0 Å². The van der Waals surface area contributed by atoms with Gasteiger partial charge in [0.2, 0.25) is 0 Å². The van der Waals surface area contributed by atoms with Crippen LogP contribution in [-0.4, -0.2) is 46.5 Å². The van der Waals surface area contributed by atoms with Crippen LogP contribution in [0.25, 0.3) is 10.6 Å². The highest BCUT2D eigenvalue weighted by molar-refractivity contribution is 7.13. The van der Waals surface area contributed by atoms with Crippen LogP contribution in [0.4, 0.5) is 0 Å². The zero-order valence-electron chi connectivity index (χ0n) is 14.0. The fourth-order valence-corrected chi connectivity index (χ4v) is 3.15. The second-order valence-corrected chi connectivity index (χ2v) is 6.50. The molecule has 1 fully saturated rings. The van der Waals surface area contributed by atoms with E-state index < -0.39 is 12.0 Å². The maximum absolute atomic E-state index is 11.0. The van der Waals surface area contributed by atoms with Crippen LogP contribution < -0.4 is 5.73 Å². The second kappa shape index (κ2) is 7.92. The largest absolute Gasteiger partial charge is 0.383 e. The topological polar surface area (TPSA) is 96.5 Å². The molecular formula is C18H19N3O3S. The van der Waals surface area contributed by atoms with Crippen LogP contribution in [-0.2, 0) is 4.79 Å². The SMILES string of the molecule is C#Cc1ccc(C)c(-c2nc(C(N)=O)cs2)c1.CN1CC[C@H](O)C1=O. The molecule has 0 saturated carbocycles. The number of thiazole rings is 1. The molecule has 25 heavy (non-hydrogen) atoms. The van der Waals surface area contributed by atoms with Crippen LogP contribution in [0.2, 0.25) is 0 Å². The van der Waals surface area contributed by atoms with Gasteiger partial charge >= 0.3 is 0 Å². The lowest BCUT2D eigenvalue weighted by Crippen LogP contribution is -2.24. The lowest BCUT2D eigenvalue weighted by Gasteiger charge is -2.04. The number of benzene rings is 1. The maximum atomic E-state index is 11.0. The van der Waals surface area contributed by atoms with Crippen molar-refractivity contribution in [2.75, 3.05) is 13.6 Å². The Balaban J connectivity index is 0.000000236. The predicted molar refractivity (Wildman–Crippen MR) is 97.0 cm³/mol. The zero-order valence-corrected chi connectivity index (χ0v) is 14.8. The van der Waals surface area contributed by atoms with Gasteiger partial charge in [0.25, 0.3) is 11.8 Å². The minimum atomic E-state index is -0.722. The van der Waals surface area contributed by atoms with Crippen molar-refractivity contribution in [3.8, 4) is 22.9 Å². The van der Waals surface area contributed by atoms with E-state index in [1.165, 1.54) is 16.2 Å². The van der Waals surface area contributed by atoms with Gasteiger partial charge in [0.15, 0.2) is 0 Å². The Bertz CT molecular complexity index is 826. The summed E-state index contributed by atoms with van der Waals surface area (Å²) in [6.07, 6.45) is 5.23. The third-order valence-corrected chi connectivity index (χ3v) is 4.67. The highest BCUT2D eigenvalue weighted by Crippen LogP contribution is 2.27. The van der Waals surface area contributed by atoms with Gasteiger partial charge in [-0.25, -0.2) is 4.98 Å². The summed E-state index contributed by atoms with van der Waals surface area (Å²) in [5.74, 6) is 1.92. The average Bonchev–Trinajstić information content (AvgIpc) is 3.19. The van der Waals surface area contributed by atoms with Crippen LogP contribution in [0, 0.1) is 19.3 Å². The van der Waals surface area contributed by atoms with E-state index in [-0.39, 0.29) is 11.6 Å². The van der Waals surface area contributed by atoms with Crippen molar-refractivity contribution in [1.82, 2.24) is 9.88 Å². The van der Waals surface area contributed by atoms with E-state index in [2.05, 4.69) is 10.9 Å². The summed E-state index contributed by atoms with van der Waals surface area (Å²) in [6, 6.07) is 5.70. The summed E-state index contributed by atoms with van der Waals surface area (Å²) < 4.78 is 0. The quantitative estimate of drug-likeness (QED) is 0.794. The van der Waals surface area contributed by atoms with E-state index >= 15 is 0 Å². The molecule has 1 aromatic carbocycles. The van der Waals surface area contributed by atoms with Gasteiger partial charge in [0.05, 0.1) is 0 Å². The highest BCUT2D eigenvalue weighted by Gasteiger charge is 2.25. The van der Waals surface area contributed by atoms with Crippen LogP contribution in [0.3, 0.4) is 0 Å². The van der Waals surface area contributed by atoms with E-state index in [1.807, 2.05) is 25.1 Å². The van der Waals surface area contributed by atoms with Crippen LogP contribution >= 0.6 is 11.3 Å². The summed E-state index contributed by atoms with van der Waals surface area (Å²) in [7, 11) is 1.69. The first-order chi connectivity index (χ1) is 11.8. The first-order valence-electron chi connectivity index (χ1n) is 7.59. The van der Waals surface area contributed by atoms with Crippen molar-refractivity contribution in [1.29, 1.82) is 0 Å². The lowest BCUT2D eigenvalue weighted by molar-refractivity contribution is -0.133. The Morgan fingerprint density at radius 3 is 2.68 bits per heavy atom. The van der Waals surface area contributed by atoms with Crippen LogP contribution in [0.5, 0.6) is 0 Å². The van der Waals surface area contributed by atoms with Gasteiger partial charge in [0.1, 0.15) is 16.8 Å². The van der Waals surface area contributed by atoms with Crippen molar-refractivity contribution in [3.63, 3.8) is 0 Å². The summed E-state index contributed by atoms with van der Waals surface area (Å²) in [6.45, 7) is 2.67. The Morgan fingerprint density at radius 1 is 1.52 bits per heavy atom. The number of likely N-dealkylation sites (tertiary alicyclic amines) is 1. The number of aromatic nitrogens is 1. The molecule has 1 aliphatic rings. The molecule has 0 spiro atoms. The van der Waals surface area contributed by atoms with Gasteiger partial charge in [-0.3, -0.25) is 9.59 Å². The van der Waals surface area contributed by atoms with E-state index in [9.17, 15) is 9.59 Å². The Morgan fingerprint density at radius 2 is 2.24 bits per heavy atom. The van der Waals surface area contributed by atoms with Gasteiger partial charge < -0.3 is 15.7 Å². The standard InChI is InChI=1S/C13H10N2OS.C5H9NO2/c1-3-9-5-4-8(2)10(6-9)13-15-11(7-17-13)12(14)16;1-6-3-2-4(7)5(6)8/h1,4-7H,2H3,(H2,14,16);4,7H,2-3H2,1H3/t;4-/m.0/s1. The lowest BCUT2D eigenvalue weighted by atomic mass is 10.1. The molecule has 0 unspecified atom stereocenters. The number of hydrogen-bond donors (Lipinski definition) is 2. The van der Waals surface area contributed by atoms with Crippen molar-refractivity contribution in [2.24, 2.45) is 5.73 Å². The van der Waals surface area contributed by atoms with E-state index in [4.69, 9.17) is 17.3 Å². The van der Waals surface area contributed by atoms with Gasteiger partial charge in [-0.15, -0.1) is 17.8 Å². The van der Waals surface area contributed by atoms with Crippen molar-refractivity contribution in [2.45, 2.75) is 19.4 Å². The number of carbonyl (C=O) groups excluding carboxylic acids is 2. The predicted octanol–water partition coefficient (Wildman–Crippen LogP) is 1.41. The fraction of sp³-hybridized carbons (Fsp3) is 0.278. The molecule has 2 heterocycles. The van der Waals surface area contributed by atoms with E-state index in [0.717, 1.165) is 21.7 Å². The summed E-state index contributed by atoms with van der Waals surface area (Å²) in [5.41, 5.74) is 8.26. The van der Waals surface area contributed by atoms with Gasteiger partial charge in [0, 0.05) is 30.1 Å². The molecular weight excluding hydrogens is 338 g/mol. The number of likely N-dealkylation sites (N-methyl/N-ethyl adjacent to an activating group) is 1. The number of primary amides is 1.